The molecule has 1 aromatic carbocycles. The molecule has 0 aliphatic heterocycles. The number of rotatable bonds is 7. The van der Waals surface area contributed by atoms with Gasteiger partial charge in [0.25, 0.3) is 0 Å². The van der Waals surface area contributed by atoms with Gasteiger partial charge < -0.3 is 13.3 Å². The lowest BCUT2D eigenvalue weighted by Gasteiger charge is -2.29. The Bertz CT molecular complexity index is 367. The van der Waals surface area contributed by atoms with Crippen molar-refractivity contribution in [2.75, 3.05) is 19.8 Å². The second-order valence-corrected chi connectivity index (χ2v) is 7.52. The summed E-state index contributed by atoms with van der Waals surface area (Å²) in [5.74, 6) is 0. The van der Waals surface area contributed by atoms with Crippen molar-refractivity contribution < 1.29 is 13.3 Å². The smallest absolute Gasteiger partial charge is 0.370 e. The molecule has 3 nitrogen and oxygen atoms in total. The Morgan fingerprint density at radius 2 is 1.50 bits per heavy atom. The maximum absolute atomic E-state index is 5.91. The Kier molecular flexibility index (Phi) is 6.79. The van der Waals surface area contributed by atoms with Crippen molar-refractivity contribution in [3.05, 3.63) is 27.3 Å². The minimum Gasteiger partial charge on any atom is -0.370 e. The van der Waals surface area contributed by atoms with Gasteiger partial charge in [0.05, 0.1) is 0 Å². The molecule has 18 heavy (non-hydrogen) atoms. The minimum atomic E-state index is -2.75. The molecule has 1 aromatic rings. The molecule has 0 atom stereocenters. The van der Waals surface area contributed by atoms with Crippen LogP contribution in [0.2, 0.25) is 0 Å². The zero-order valence-corrected chi connectivity index (χ0v) is 14.6. The van der Waals surface area contributed by atoms with Gasteiger partial charge in [-0.1, -0.05) is 17.7 Å². The maximum atomic E-state index is 5.91. The van der Waals surface area contributed by atoms with Crippen LogP contribution in [0.3, 0.4) is 0 Å². The van der Waals surface area contributed by atoms with Gasteiger partial charge in [-0.3, -0.25) is 0 Å². The van der Waals surface area contributed by atoms with Crippen LogP contribution in [0.1, 0.15) is 26.3 Å². The van der Waals surface area contributed by atoms with Crippen molar-refractivity contribution in [2.45, 2.75) is 27.7 Å². The standard InChI is InChI=1S/C13H21IO3Si/c1-5-15-18(16-6-2,17-7-3)13-9-8-11(4)10-12(13)14/h8-10H,5-7H2,1-4H3. The molecule has 0 amide bonds. The predicted octanol–water partition coefficient (Wildman–Crippen LogP) is 2.86. The predicted molar refractivity (Wildman–Crippen MR) is 84.2 cm³/mol. The molecule has 102 valence electrons. The van der Waals surface area contributed by atoms with E-state index in [1.54, 1.807) is 0 Å². The molecule has 0 aliphatic carbocycles. The van der Waals surface area contributed by atoms with Crippen molar-refractivity contribution in [1.29, 1.82) is 0 Å². The lowest BCUT2D eigenvalue weighted by molar-refractivity contribution is 0.0857. The van der Waals surface area contributed by atoms with Crippen LogP contribution in [-0.2, 0) is 13.3 Å². The number of hydrogen-bond acceptors (Lipinski definition) is 3. The number of aryl methyl sites for hydroxylation is 1. The zero-order valence-electron chi connectivity index (χ0n) is 11.5. The normalized spacial score (nSPS) is 11.8. The van der Waals surface area contributed by atoms with E-state index in [4.69, 9.17) is 13.3 Å². The second-order valence-electron chi connectivity index (χ2n) is 3.84. The van der Waals surface area contributed by atoms with Crippen LogP contribution in [0, 0.1) is 10.5 Å². The molecule has 0 unspecified atom stereocenters. The second kappa shape index (κ2) is 7.59. The average molecular weight is 380 g/mol. The first-order chi connectivity index (χ1) is 8.59. The van der Waals surface area contributed by atoms with Crippen LogP contribution in [0.4, 0.5) is 0 Å². The van der Waals surface area contributed by atoms with Crippen LogP contribution < -0.4 is 5.19 Å². The average Bonchev–Trinajstić information content (AvgIpc) is 2.29. The van der Waals surface area contributed by atoms with E-state index in [1.165, 1.54) is 5.56 Å². The van der Waals surface area contributed by atoms with E-state index in [0.29, 0.717) is 19.8 Å². The summed E-state index contributed by atoms with van der Waals surface area (Å²) in [5, 5.41) is 1.07. The Balaban J connectivity index is 3.21. The summed E-state index contributed by atoms with van der Waals surface area (Å²) in [6, 6.07) is 6.29. The third-order valence-corrected chi connectivity index (χ3v) is 6.96. The van der Waals surface area contributed by atoms with Crippen molar-refractivity contribution in [1.82, 2.24) is 0 Å². The van der Waals surface area contributed by atoms with Crippen molar-refractivity contribution in [3.63, 3.8) is 0 Å². The third-order valence-electron chi connectivity index (χ3n) is 2.46. The van der Waals surface area contributed by atoms with E-state index in [9.17, 15) is 0 Å². The first-order valence-corrected chi connectivity index (χ1v) is 9.08. The van der Waals surface area contributed by atoms with E-state index in [-0.39, 0.29) is 0 Å². The quantitative estimate of drug-likeness (QED) is 0.538. The van der Waals surface area contributed by atoms with Gasteiger partial charge in [0.2, 0.25) is 0 Å². The van der Waals surface area contributed by atoms with Crippen molar-refractivity contribution in [2.24, 2.45) is 0 Å². The van der Waals surface area contributed by atoms with Crippen molar-refractivity contribution in [3.8, 4) is 0 Å². The highest BCUT2D eigenvalue weighted by Crippen LogP contribution is 2.16. The van der Waals surface area contributed by atoms with E-state index >= 15 is 0 Å². The number of benzene rings is 1. The lowest BCUT2D eigenvalue weighted by Crippen LogP contribution is -2.58. The summed E-state index contributed by atoms with van der Waals surface area (Å²) < 4.78 is 18.9. The molecule has 0 N–H and O–H groups in total. The Labute approximate surface area is 124 Å². The Hall–Kier alpha value is 0.0469. The molecule has 0 heterocycles. The van der Waals surface area contributed by atoms with Crippen molar-refractivity contribution >= 4 is 36.6 Å². The summed E-state index contributed by atoms with van der Waals surface area (Å²) >= 11 is 2.32. The van der Waals surface area contributed by atoms with Gasteiger partial charge in [0, 0.05) is 28.6 Å². The molecule has 0 fully saturated rings. The first kappa shape index (κ1) is 16.1. The highest BCUT2D eigenvalue weighted by Gasteiger charge is 2.44. The first-order valence-electron chi connectivity index (χ1n) is 6.28. The minimum absolute atomic E-state index is 0.593. The molecule has 1 rings (SSSR count). The summed E-state index contributed by atoms with van der Waals surface area (Å²) in [6.45, 7) is 9.78. The van der Waals surface area contributed by atoms with Crippen LogP contribution in [0.25, 0.3) is 0 Å². The molecule has 0 aliphatic rings. The topological polar surface area (TPSA) is 27.7 Å². The molecule has 0 aromatic heterocycles. The van der Waals surface area contributed by atoms with Crippen LogP contribution >= 0.6 is 22.6 Å². The Morgan fingerprint density at radius 1 is 1.00 bits per heavy atom. The highest BCUT2D eigenvalue weighted by molar-refractivity contribution is 14.1. The SMILES string of the molecule is CCO[Si](OCC)(OCC)c1ccc(C)cc1I. The molecule has 0 bridgehead atoms. The van der Waals surface area contributed by atoms with Gasteiger partial charge in [-0.2, -0.15) is 0 Å². The molecule has 0 saturated heterocycles. The fourth-order valence-electron chi connectivity index (χ4n) is 1.80. The van der Waals surface area contributed by atoms with Crippen LogP contribution in [0.5, 0.6) is 0 Å². The summed E-state index contributed by atoms with van der Waals surface area (Å²) in [6.07, 6.45) is 0. The Morgan fingerprint density at radius 3 is 1.89 bits per heavy atom. The van der Waals surface area contributed by atoms with Crippen LogP contribution in [0.15, 0.2) is 18.2 Å². The third kappa shape index (κ3) is 3.77. The van der Waals surface area contributed by atoms with E-state index in [1.807, 2.05) is 20.8 Å². The summed E-state index contributed by atoms with van der Waals surface area (Å²) in [5.41, 5.74) is 1.23. The molecule has 0 saturated carbocycles. The highest BCUT2D eigenvalue weighted by atomic mass is 127. The lowest BCUT2D eigenvalue weighted by atomic mass is 10.2. The maximum Gasteiger partial charge on any atom is 0.538 e. The van der Waals surface area contributed by atoms with E-state index in [0.717, 1.165) is 8.76 Å². The molecular weight excluding hydrogens is 359 g/mol. The zero-order chi connectivity index (χ0) is 13.6. The van der Waals surface area contributed by atoms with E-state index in [2.05, 4.69) is 47.7 Å². The largest absolute Gasteiger partial charge is 0.538 e. The van der Waals surface area contributed by atoms with Gasteiger partial charge in [0.15, 0.2) is 0 Å². The molecule has 5 heteroatoms. The van der Waals surface area contributed by atoms with Gasteiger partial charge in [0.1, 0.15) is 0 Å². The summed E-state index contributed by atoms with van der Waals surface area (Å²) in [4.78, 5) is 0. The fraction of sp³-hybridized carbons (Fsp3) is 0.538. The number of halogens is 1. The van der Waals surface area contributed by atoms with Gasteiger partial charge in [-0.05, 0) is 56.4 Å². The molecular formula is C13H21IO3Si. The fourth-order valence-corrected chi connectivity index (χ4v) is 5.97. The van der Waals surface area contributed by atoms with Crippen LogP contribution in [-0.4, -0.2) is 28.6 Å². The molecule has 0 spiro atoms. The summed E-state index contributed by atoms with van der Waals surface area (Å²) in [7, 11) is -2.75. The van der Waals surface area contributed by atoms with Gasteiger partial charge >= 0.3 is 8.80 Å². The number of hydrogen-bond donors (Lipinski definition) is 0. The van der Waals surface area contributed by atoms with Gasteiger partial charge in [-0.15, -0.1) is 0 Å². The molecule has 0 radical (unpaired) electrons. The van der Waals surface area contributed by atoms with Gasteiger partial charge in [-0.25, -0.2) is 0 Å². The van der Waals surface area contributed by atoms with E-state index < -0.39 is 8.80 Å². The monoisotopic (exact) mass is 380 g/mol.